The summed E-state index contributed by atoms with van der Waals surface area (Å²) >= 11 is 0. The summed E-state index contributed by atoms with van der Waals surface area (Å²) in [6.45, 7) is 0.954. The van der Waals surface area contributed by atoms with Gasteiger partial charge in [-0.1, -0.05) is 72.8 Å². The lowest BCUT2D eigenvalue weighted by molar-refractivity contribution is 0.0954. The first kappa shape index (κ1) is 22.4. The molecule has 0 aliphatic rings. The average Bonchev–Trinajstić information content (AvgIpc) is 3.24. The lowest BCUT2D eigenvalue weighted by atomic mass is 10.1. The molecule has 33 heavy (non-hydrogen) atoms. The summed E-state index contributed by atoms with van der Waals surface area (Å²) < 4.78 is 24.5. The molecule has 0 saturated heterocycles. The van der Waals surface area contributed by atoms with Crippen LogP contribution in [0.25, 0.3) is 11.3 Å². The molecule has 1 amide bonds. The lowest BCUT2D eigenvalue weighted by Gasteiger charge is -2.06. The third kappa shape index (κ3) is 5.74. The molecule has 4 rings (SSSR count). The van der Waals surface area contributed by atoms with Crippen molar-refractivity contribution in [2.45, 2.75) is 17.9 Å². The minimum atomic E-state index is -3.72. The maximum atomic E-state index is 13.0. The zero-order valence-electron chi connectivity index (χ0n) is 17.9. The van der Waals surface area contributed by atoms with Gasteiger partial charge in [0.25, 0.3) is 5.91 Å². The summed E-state index contributed by atoms with van der Waals surface area (Å²) in [7, 11) is -3.72. The van der Waals surface area contributed by atoms with Crippen LogP contribution in [0.1, 0.15) is 21.5 Å². The van der Waals surface area contributed by atoms with Crippen molar-refractivity contribution < 1.29 is 13.2 Å². The molecular formula is C25H24N4O3S. The van der Waals surface area contributed by atoms with E-state index in [1.807, 2.05) is 60.7 Å². The van der Waals surface area contributed by atoms with Crippen LogP contribution in [0.4, 0.5) is 0 Å². The molecule has 0 unspecified atom stereocenters. The summed E-state index contributed by atoms with van der Waals surface area (Å²) in [6, 6.07) is 25.9. The number of aromatic nitrogens is 2. The molecule has 3 N–H and O–H groups in total. The summed E-state index contributed by atoms with van der Waals surface area (Å²) in [4.78, 5) is 13.1. The predicted octanol–water partition coefficient (Wildman–Crippen LogP) is 3.22. The first-order chi connectivity index (χ1) is 15.9. The molecule has 0 aliphatic heterocycles. The molecule has 0 bridgehead atoms. The van der Waals surface area contributed by atoms with E-state index in [9.17, 15) is 13.2 Å². The molecule has 0 saturated carbocycles. The highest BCUT2D eigenvalue weighted by molar-refractivity contribution is 7.89. The number of amides is 1. The monoisotopic (exact) mass is 460 g/mol. The van der Waals surface area contributed by atoms with Crippen LogP contribution in [0.3, 0.4) is 0 Å². The van der Waals surface area contributed by atoms with Gasteiger partial charge in [0, 0.05) is 18.3 Å². The molecule has 3 aromatic carbocycles. The van der Waals surface area contributed by atoms with Crippen LogP contribution in [0.15, 0.2) is 96.0 Å². The largest absolute Gasteiger partial charge is 0.352 e. The van der Waals surface area contributed by atoms with Crippen molar-refractivity contribution in [2.75, 3.05) is 6.54 Å². The molecular weight excluding hydrogens is 436 g/mol. The van der Waals surface area contributed by atoms with Gasteiger partial charge in [-0.05, 0) is 29.7 Å². The number of nitrogens with zero attached hydrogens (tertiary/aromatic N) is 2. The first-order valence-electron chi connectivity index (χ1n) is 10.5. The van der Waals surface area contributed by atoms with Gasteiger partial charge in [0.2, 0.25) is 10.0 Å². The summed E-state index contributed by atoms with van der Waals surface area (Å²) in [5.41, 5.74) is 3.98. The van der Waals surface area contributed by atoms with Crippen molar-refractivity contribution in [2.24, 2.45) is 5.14 Å². The smallest absolute Gasteiger partial charge is 0.255 e. The van der Waals surface area contributed by atoms with E-state index in [-0.39, 0.29) is 10.8 Å². The Kier molecular flexibility index (Phi) is 6.67. The van der Waals surface area contributed by atoms with Gasteiger partial charge in [0.15, 0.2) is 0 Å². The third-order valence-electron chi connectivity index (χ3n) is 5.19. The second kappa shape index (κ2) is 9.81. The van der Waals surface area contributed by atoms with Gasteiger partial charge < -0.3 is 5.32 Å². The highest BCUT2D eigenvalue weighted by atomic mass is 32.2. The van der Waals surface area contributed by atoms with Crippen LogP contribution >= 0.6 is 0 Å². The minimum Gasteiger partial charge on any atom is -0.352 e. The van der Waals surface area contributed by atoms with Crippen LogP contribution in [0.5, 0.6) is 0 Å². The third-order valence-corrected chi connectivity index (χ3v) is 6.12. The Morgan fingerprint density at radius 2 is 1.52 bits per heavy atom. The summed E-state index contributed by atoms with van der Waals surface area (Å²) in [5.74, 6) is -0.214. The highest BCUT2D eigenvalue weighted by Gasteiger charge is 2.18. The van der Waals surface area contributed by atoms with Crippen molar-refractivity contribution in [3.05, 3.63) is 108 Å². The molecule has 7 nitrogen and oxygen atoms in total. The number of nitrogens with two attached hydrogens (primary N) is 1. The fourth-order valence-electron chi connectivity index (χ4n) is 3.51. The maximum Gasteiger partial charge on any atom is 0.255 e. The number of sulfonamides is 1. The number of nitrogens with one attached hydrogen (secondary N) is 1. The van der Waals surface area contributed by atoms with Gasteiger partial charge in [0.1, 0.15) is 5.69 Å². The maximum absolute atomic E-state index is 13.0. The molecule has 0 aliphatic carbocycles. The lowest BCUT2D eigenvalue weighted by Crippen LogP contribution is -2.26. The van der Waals surface area contributed by atoms with E-state index in [2.05, 4.69) is 10.4 Å². The van der Waals surface area contributed by atoms with E-state index < -0.39 is 10.0 Å². The topological polar surface area (TPSA) is 107 Å². The van der Waals surface area contributed by atoms with Crippen LogP contribution in [-0.4, -0.2) is 30.7 Å². The molecule has 1 aromatic heterocycles. The standard InChI is InChI=1S/C25H24N4O3S/c26-33(31,32)22-13-11-19(12-14-22)15-16-27-25(30)23-18-29(17-20-7-3-1-4-8-20)28-24(23)21-9-5-2-6-10-21/h1-14,18H,15-17H2,(H,27,30)(H2,26,31,32). The van der Waals surface area contributed by atoms with E-state index in [1.54, 1.807) is 23.0 Å². The minimum absolute atomic E-state index is 0.0635. The van der Waals surface area contributed by atoms with E-state index in [4.69, 9.17) is 5.14 Å². The van der Waals surface area contributed by atoms with E-state index in [1.165, 1.54) is 12.1 Å². The van der Waals surface area contributed by atoms with Crippen molar-refractivity contribution in [3.63, 3.8) is 0 Å². The number of carbonyl (C=O) groups is 1. The molecule has 0 atom stereocenters. The molecule has 4 aromatic rings. The fourth-order valence-corrected chi connectivity index (χ4v) is 4.03. The Balaban J connectivity index is 1.48. The van der Waals surface area contributed by atoms with E-state index in [0.29, 0.717) is 30.8 Å². The predicted molar refractivity (Wildman–Crippen MR) is 127 cm³/mol. The Labute approximate surface area is 192 Å². The summed E-state index contributed by atoms with van der Waals surface area (Å²) in [5, 5.41) is 12.8. The molecule has 0 fully saturated rings. The average molecular weight is 461 g/mol. The molecule has 8 heteroatoms. The van der Waals surface area contributed by atoms with E-state index >= 15 is 0 Å². The van der Waals surface area contributed by atoms with Gasteiger partial charge in [-0.15, -0.1) is 0 Å². The second-order valence-electron chi connectivity index (χ2n) is 7.64. The van der Waals surface area contributed by atoms with Crippen molar-refractivity contribution >= 4 is 15.9 Å². The Morgan fingerprint density at radius 1 is 0.879 bits per heavy atom. The van der Waals surface area contributed by atoms with Crippen molar-refractivity contribution in [3.8, 4) is 11.3 Å². The van der Waals surface area contributed by atoms with E-state index in [0.717, 1.165) is 16.7 Å². The van der Waals surface area contributed by atoms with Crippen LogP contribution in [0.2, 0.25) is 0 Å². The van der Waals surface area contributed by atoms with Crippen LogP contribution in [-0.2, 0) is 23.0 Å². The SMILES string of the molecule is NS(=O)(=O)c1ccc(CCNC(=O)c2cn(Cc3ccccc3)nc2-c2ccccc2)cc1. The zero-order chi connectivity index (χ0) is 23.3. The molecule has 0 radical (unpaired) electrons. The normalized spacial score (nSPS) is 11.3. The van der Waals surface area contributed by atoms with Crippen LogP contribution in [0, 0.1) is 0 Å². The number of carbonyl (C=O) groups excluding carboxylic acids is 1. The van der Waals surface area contributed by atoms with Crippen molar-refractivity contribution in [1.82, 2.24) is 15.1 Å². The Bertz CT molecular complexity index is 1330. The first-order valence-corrected chi connectivity index (χ1v) is 12.0. The van der Waals surface area contributed by atoms with Gasteiger partial charge in [-0.25, -0.2) is 13.6 Å². The van der Waals surface area contributed by atoms with Crippen molar-refractivity contribution in [1.29, 1.82) is 0 Å². The summed E-state index contributed by atoms with van der Waals surface area (Å²) in [6.07, 6.45) is 2.32. The second-order valence-corrected chi connectivity index (χ2v) is 9.20. The fraction of sp³-hybridized carbons (Fsp3) is 0.120. The molecule has 1 heterocycles. The Hall–Kier alpha value is -3.75. The Morgan fingerprint density at radius 3 is 2.15 bits per heavy atom. The molecule has 168 valence electrons. The highest BCUT2D eigenvalue weighted by Crippen LogP contribution is 2.22. The van der Waals surface area contributed by atoms with Crippen LogP contribution < -0.4 is 10.5 Å². The number of rotatable bonds is 8. The number of hydrogen-bond acceptors (Lipinski definition) is 4. The van der Waals surface area contributed by atoms with Gasteiger partial charge in [-0.2, -0.15) is 5.10 Å². The quantitative estimate of drug-likeness (QED) is 0.421. The van der Waals surface area contributed by atoms with Gasteiger partial charge >= 0.3 is 0 Å². The van der Waals surface area contributed by atoms with Gasteiger partial charge in [-0.3, -0.25) is 9.48 Å². The zero-order valence-corrected chi connectivity index (χ0v) is 18.7. The van der Waals surface area contributed by atoms with Gasteiger partial charge in [0.05, 0.1) is 17.0 Å². The number of hydrogen-bond donors (Lipinski definition) is 2. The number of benzene rings is 3. The molecule has 0 spiro atoms. The number of primary sulfonamides is 1.